The lowest BCUT2D eigenvalue weighted by Crippen LogP contribution is -2.43. The number of benzene rings is 1. The Morgan fingerprint density at radius 3 is 2.33 bits per heavy atom. The van der Waals surface area contributed by atoms with Gasteiger partial charge in [-0.15, -0.1) is 0 Å². The van der Waals surface area contributed by atoms with E-state index in [0.29, 0.717) is 5.56 Å². The van der Waals surface area contributed by atoms with Crippen LogP contribution in [0.1, 0.15) is 11.7 Å². The van der Waals surface area contributed by atoms with E-state index >= 15 is 0 Å². The molecule has 0 aliphatic heterocycles. The van der Waals surface area contributed by atoms with Gasteiger partial charge in [0.05, 0.1) is 6.04 Å². The lowest BCUT2D eigenvalue weighted by atomic mass is 10.0. The first-order valence-corrected chi connectivity index (χ1v) is 6.11. The summed E-state index contributed by atoms with van der Waals surface area (Å²) in [7, 11) is 0. The Bertz CT molecular complexity index is 400. The monoisotopic (exact) mass is 373 g/mol. The van der Waals surface area contributed by atoms with Gasteiger partial charge in [-0.1, -0.05) is 12.1 Å². The average molecular weight is 373 g/mol. The van der Waals surface area contributed by atoms with Crippen molar-refractivity contribution in [2.45, 2.75) is 18.6 Å². The molecule has 100 valence electrons. The summed E-state index contributed by atoms with van der Waals surface area (Å²) in [5.74, 6) is -1.60. The van der Waals surface area contributed by atoms with Crippen molar-refractivity contribution >= 4 is 28.5 Å². The number of nitrogens with one attached hydrogen (secondary N) is 1. The van der Waals surface area contributed by atoms with Gasteiger partial charge in [0.2, 0.25) is 0 Å². The van der Waals surface area contributed by atoms with Crippen molar-refractivity contribution in [3.8, 4) is 0 Å². The summed E-state index contributed by atoms with van der Waals surface area (Å²) >= 11 is 2.05. The lowest BCUT2D eigenvalue weighted by Gasteiger charge is -2.21. The summed E-state index contributed by atoms with van der Waals surface area (Å²) in [6, 6.07) is 5.08. The number of aliphatic hydroxyl groups is 1. The molecule has 3 nitrogen and oxygen atoms in total. The van der Waals surface area contributed by atoms with Crippen LogP contribution in [0.2, 0.25) is 0 Å². The number of halogens is 4. The number of amides is 1. The Morgan fingerprint density at radius 1 is 1.33 bits per heavy atom. The maximum atomic E-state index is 12.7. The van der Waals surface area contributed by atoms with E-state index in [2.05, 4.69) is 22.6 Å². The number of carbonyl (C=O) groups is 1. The molecule has 7 heteroatoms. The van der Waals surface area contributed by atoms with E-state index < -0.39 is 31.2 Å². The number of hydrogen-bond donors (Lipinski definition) is 2. The first kappa shape index (κ1) is 15.2. The highest BCUT2D eigenvalue weighted by molar-refractivity contribution is 14.1. The highest BCUT2D eigenvalue weighted by Gasteiger charge is 2.26. The number of aliphatic hydroxyl groups excluding tert-OH is 1. The van der Waals surface area contributed by atoms with Crippen molar-refractivity contribution in [2.75, 3.05) is 6.67 Å². The fourth-order valence-electron chi connectivity index (χ4n) is 1.34. The molecule has 2 atom stereocenters. The van der Waals surface area contributed by atoms with Gasteiger partial charge < -0.3 is 10.4 Å². The number of carbonyl (C=O) groups excluding carboxylic acids is 1. The Balaban J connectivity index is 2.75. The molecule has 1 aromatic carbocycles. The van der Waals surface area contributed by atoms with Crippen LogP contribution in [0.25, 0.3) is 0 Å². The zero-order valence-electron chi connectivity index (χ0n) is 9.12. The predicted molar refractivity (Wildman–Crippen MR) is 68.0 cm³/mol. The highest BCUT2D eigenvalue weighted by Crippen LogP contribution is 2.19. The van der Waals surface area contributed by atoms with Gasteiger partial charge >= 0.3 is 6.43 Å². The summed E-state index contributed by atoms with van der Waals surface area (Å²) in [5, 5.41) is 11.6. The van der Waals surface area contributed by atoms with Crippen molar-refractivity contribution in [3.05, 3.63) is 33.4 Å². The van der Waals surface area contributed by atoms with Gasteiger partial charge in [0.15, 0.2) is 0 Å². The molecule has 0 aliphatic carbocycles. The number of alkyl halides is 3. The molecule has 0 saturated carbocycles. The fourth-order valence-corrected chi connectivity index (χ4v) is 1.70. The van der Waals surface area contributed by atoms with E-state index in [1.807, 2.05) is 0 Å². The first-order chi connectivity index (χ1) is 8.45. The molecular weight excluding hydrogens is 362 g/mol. The quantitative estimate of drug-likeness (QED) is 0.777. The molecule has 0 heterocycles. The molecule has 0 aliphatic rings. The number of hydrogen-bond acceptors (Lipinski definition) is 2. The third-order valence-corrected chi connectivity index (χ3v) is 3.00. The Hall–Kier alpha value is -0.830. The van der Waals surface area contributed by atoms with Crippen LogP contribution in [0.4, 0.5) is 13.2 Å². The van der Waals surface area contributed by atoms with E-state index in [0.717, 1.165) is 3.57 Å². The van der Waals surface area contributed by atoms with Crippen molar-refractivity contribution in [1.82, 2.24) is 5.32 Å². The van der Waals surface area contributed by atoms with Crippen LogP contribution in [0.3, 0.4) is 0 Å². The van der Waals surface area contributed by atoms with Gasteiger partial charge in [-0.3, -0.25) is 4.79 Å². The summed E-state index contributed by atoms with van der Waals surface area (Å²) in [5.41, 5.74) is 0.354. The van der Waals surface area contributed by atoms with Crippen LogP contribution in [-0.4, -0.2) is 30.2 Å². The Kier molecular flexibility index (Phi) is 5.86. The minimum absolute atomic E-state index is 0.354. The lowest BCUT2D eigenvalue weighted by molar-refractivity contribution is -0.133. The van der Waals surface area contributed by atoms with Crippen molar-refractivity contribution < 1.29 is 23.1 Å². The molecule has 1 amide bonds. The Labute approximate surface area is 116 Å². The largest absolute Gasteiger partial charge is 0.386 e. The van der Waals surface area contributed by atoms with Gasteiger partial charge in [0.25, 0.3) is 5.91 Å². The van der Waals surface area contributed by atoms with Crippen molar-refractivity contribution in [3.63, 3.8) is 0 Å². The zero-order valence-corrected chi connectivity index (χ0v) is 11.3. The average Bonchev–Trinajstić information content (AvgIpc) is 2.35. The minimum Gasteiger partial charge on any atom is -0.386 e. The second-order valence-corrected chi connectivity index (χ2v) is 4.81. The van der Waals surface area contributed by atoms with Crippen LogP contribution < -0.4 is 5.32 Å². The molecule has 2 N–H and O–H groups in total. The Morgan fingerprint density at radius 2 is 1.89 bits per heavy atom. The van der Waals surface area contributed by atoms with Crippen molar-refractivity contribution in [1.29, 1.82) is 0 Å². The molecule has 1 aromatic rings. The van der Waals surface area contributed by atoms with Gasteiger partial charge in [-0.2, -0.15) is 8.78 Å². The molecule has 0 fully saturated rings. The van der Waals surface area contributed by atoms with Crippen LogP contribution in [0.5, 0.6) is 0 Å². The standard InChI is InChI=1S/C11H11F3INO2/c12-5-8(16-11(18)10(13)14)9(17)6-1-3-7(15)4-2-6/h1-4,8-10,17H,5H2,(H,16,18)/t8-,9+/m1/s1. The maximum Gasteiger partial charge on any atom is 0.315 e. The van der Waals surface area contributed by atoms with E-state index in [9.17, 15) is 23.1 Å². The second kappa shape index (κ2) is 6.93. The summed E-state index contributed by atoms with van der Waals surface area (Å²) in [6.07, 6.45) is -4.60. The number of rotatable bonds is 5. The van der Waals surface area contributed by atoms with Crippen LogP contribution in [0.15, 0.2) is 24.3 Å². The second-order valence-electron chi connectivity index (χ2n) is 3.57. The van der Waals surface area contributed by atoms with E-state index in [1.54, 1.807) is 29.6 Å². The molecule has 0 saturated heterocycles. The summed E-state index contributed by atoms with van der Waals surface area (Å²) in [6.45, 7) is -1.13. The van der Waals surface area contributed by atoms with Crippen LogP contribution in [0, 0.1) is 3.57 Å². The molecule has 0 spiro atoms. The summed E-state index contributed by atoms with van der Waals surface area (Å²) < 4.78 is 37.6. The van der Waals surface area contributed by atoms with Crippen LogP contribution >= 0.6 is 22.6 Å². The minimum atomic E-state index is -3.23. The predicted octanol–water partition coefficient (Wildman–Crippen LogP) is 2.04. The van der Waals surface area contributed by atoms with Gasteiger partial charge in [0, 0.05) is 3.57 Å². The smallest absolute Gasteiger partial charge is 0.315 e. The maximum absolute atomic E-state index is 12.7. The van der Waals surface area contributed by atoms with Gasteiger partial charge in [0.1, 0.15) is 12.8 Å². The molecule has 1 rings (SSSR count). The molecule has 18 heavy (non-hydrogen) atoms. The van der Waals surface area contributed by atoms with E-state index in [4.69, 9.17) is 0 Å². The topological polar surface area (TPSA) is 49.3 Å². The molecule has 0 radical (unpaired) electrons. The molecule has 0 aromatic heterocycles. The van der Waals surface area contributed by atoms with E-state index in [1.165, 1.54) is 0 Å². The van der Waals surface area contributed by atoms with Gasteiger partial charge in [-0.05, 0) is 40.3 Å². The third-order valence-electron chi connectivity index (χ3n) is 2.28. The fraction of sp³-hybridized carbons (Fsp3) is 0.364. The first-order valence-electron chi connectivity index (χ1n) is 5.03. The zero-order chi connectivity index (χ0) is 13.7. The van der Waals surface area contributed by atoms with Crippen molar-refractivity contribution in [2.24, 2.45) is 0 Å². The summed E-state index contributed by atoms with van der Waals surface area (Å²) in [4.78, 5) is 10.8. The van der Waals surface area contributed by atoms with Gasteiger partial charge in [-0.25, -0.2) is 4.39 Å². The highest BCUT2D eigenvalue weighted by atomic mass is 127. The molecule has 0 unspecified atom stereocenters. The van der Waals surface area contributed by atoms with E-state index in [-0.39, 0.29) is 0 Å². The van der Waals surface area contributed by atoms with Crippen LogP contribution in [-0.2, 0) is 4.79 Å². The SMILES string of the molecule is O=C(N[C@H](CF)[C@@H](O)c1ccc(I)cc1)C(F)F. The molecular formula is C11H11F3INO2. The molecule has 0 bridgehead atoms. The normalized spacial score (nSPS) is 14.3. The third kappa shape index (κ3) is 4.13.